The van der Waals surface area contributed by atoms with Crippen LogP contribution in [-0.2, 0) is 19.3 Å². The van der Waals surface area contributed by atoms with Gasteiger partial charge in [0, 0.05) is 16.9 Å². The number of thioether (sulfide) groups is 1. The van der Waals surface area contributed by atoms with Gasteiger partial charge in [-0.05, 0) is 55.3 Å². The summed E-state index contributed by atoms with van der Waals surface area (Å²) in [5.74, 6) is -0.505. The van der Waals surface area contributed by atoms with Crippen molar-refractivity contribution in [1.29, 1.82) is 0 Å². The Labute approximate surface area is 196 Å². The first-order valence-corrected chi connectivity index (χ1v) is 11.7. The summed E-state index contributed by atoms with van der Waals surface area (Å²) in [5, 5.41) is 2.88. The zero-order valence-electron chi connectivity index (χ0n) is 18.4. The minimum atomic E-state index is -1.22. The molecule has 1 unspecified atom stereocenters. The van der Waals surface area contributed by atoms with E-state index in [0.717, 1.165) is 16.7 Å². The molecule has 6 nitrogen and oxygen atoms in total. The van der Waals surface area contributed by atoms with Gasteiger partial charge in [0.05, 0.1) is 11.4 Å². The Kier molecular flexibility index (Phi) is 5.21. The smallest absolute Gasteiger partial charge is 0.269 e. The molecule has 0 aromatic heterocycles. The van der Waals surface area contributed by atoms with Gasteiger partial charge in [0.1, 0.15) is 6.54 Å². The zero-order valence-corrected chi connectivity index (χ0v) is 19.2. The van der Waals surface area contributed by atoms with Gasteiger partial charge in [-0.3, -0.25) is 24.2 Å². The third kappa shape index (κ3) is 3.49. The van der Waals surface area contributed by atoms with E-state index in [-0.39, 0.29) is 30.0 Å². The Morgan fingerprint density at radius 3 is 2.45 bits per heavy atom. The van der Waals surface area contributed by atoms with Gasteiger partial charge >= 0.3 is 0 Å². The highest BCUT2D eigenvalue weighted by Gasteiger charge is 2.61. The van der Waals surface area contributed by atoms with Crippen LogP contribution >= 0.6 is 11.8 Å². The quantitative estimate of drug-likeness (QED) is 0.637. The Morgan fingerprint density at radius 1 is 0.970 bits per heavy atom. The van der Waals surface area contributed by atoms with E-state index >= 15 is 0 Å². The summed E-state index contributed by atoms with van der Waals surface area (Å²) in [6, 6.07) is 22.5. The van der Waals surface area contributed by atoms with Crippen molar-refractivity contribution in [3.63, 3.8) is 0 Å². The first-order valence-electron chi connectivity index (χ1n) is 10.7. The van der Waals surface area contributed by atoms with Gasteiger partial charge in [0.15, 0.2) is 0 Å². The van der Waals surface area contributed by atoms with Crippen molar-refractivity contribution in [2.24, 2.45) is 0 Å². The van der Waals surface area contributed by atoms with Crippen LogP contribution in [0.4, 0.5) is 17.1 Å². The van der Waals surface area contributed by atoms with Gasteiger partial charge in [0.25, 0.3) is 5.91 Å². The highest BCUT2D eigenvalue weighted by atomic mass is 32.2. The summed E-state index contributed by atoms with van der Waals surface area (Å²) in [4.78, 5) is 41.8. The third-order valence-corrected chi connectivity index (χ3v) is 7.31. The summed E-state index contributed by atoms with van der Waals surface area (Å²) in [5.41, 5.74) is 4.78. The van der Waals surface area contributed by atoms with Crippen LogP contribution < -0.4 is 15.1 Å². The normalized spacial score (nSPS) is 19.3. The number of amides is 3. The molecular weight excluding hydrogens is 434 g/mol. The van der Waals surface area contributed by atoms with Crippen molar-refractivity contribution in [1.82, 2.24) is 0 Å². The van der Waals surface area contributed by atoms with E-state index < -0.39 is 4.87 Å². The predicted molar refractivity (Wildman–Crippen MR) is 131 cm³/mol. The van der Waals surface area contributed by atoms with Crippen molar-refractivity contribution in [3.8, 4) is 0 Å². The topological polar surface area (TPSA) is 69.7 Å². The number of benzene rings is 3. The lowest BCUT2D eigenvalue weighted by Gasteiger charge is -2.33. The summed E-state index contributed by atoms with van der Waals surface area (Å²) >= 11 is 1.31. The summed E-state index contributed by atoms with van der Waals surface area (Å²) in [6.07, 6.45) is 0. The van der Waals surface area contributed by atoms with Gasteiger partial charge in [-0.2, -0.15) is 0 Å². The number of rotatable bonds is 4. The fourth-order valence-electron chi connectivity index (χ4n) is 4.55. The van der Waals surface area contributed by atoms with Crippen LogP contribution in [-0.4, -0.2) is 30.0 Å². The number of anilines is 3. The molecule has 3 aromatic rings. The lowest BCUT2D eigenvalue weighted by molar-refractivity contribution is -0.124. The molecule has 7 heteroatoms. The largest absolute Gasteiger partial charge is 0.325 e. The number of carbonyl (C=O) groups excluding carboxylic acids is 3. The van der Waals surface area contributed by atoms with Crippen LogP contribution in [0.1, 0.15) is 16.7 Å². The molecule has 1 fully saturated rings. The third-order valence-electron chi connectivity index (χ3n) is 5.93. The number of fused-ring (bicyclic) bond motifs is 2. The monoisotopic (exact) mass is 457 g/mol. The van der Waals surface area contributed by atoms with E-state index in [0.29, 0.717) is 17.1 Å². The number of para-hydroxylation sites is 1. The number of carbonyl (C=O) groups is 3. The van der Waals surface area contributed by atoms with Crippen LogP contribution in [0.25, 0.3) is 0 Å². The van der Waals surface area contributed by atoms with Crippen molar-refractivity contribution < 1.29 is 14.4 Å². The van der Waals surface area contributed by atoms with Crippen LogP contribution in [0.15, 0.2) is 72.8 Å². The molecule has 1 atom stereocenters. The molecule has 1 spiro atoms. The molecule has 0 radical (unpaired) electrons. The van der Waals surface area contributed by atoms with E-state index in [1.54, 1.807) is 4.90 Å². The Hall–Kier alpha value is -3.58. The molecule has 1 saturated heterocycles. The van der Waals surface area contributed by atoms with E-state index in [1.165, 1.54) is 16.7 Å². The maximum Gasteiger partial charge on any atom is 0.269 e. The van der Waals surface area contributed by atoms with Crippen LogP contribution in [0.2, 0.25) is 0 Å². The van der Waals surface area contributed by atoms with Gasteiger partial charge in [-0.25, -0.2) is 0 Å². The fourth-order valence-corrected chi connectivity index (χ4v) is 5.91. The molecule has 3 amide bonds. The van der Waals surface area contributed by atoms with Crippen molar-refractivity contribution >= 4 is 46.5 Å². The fraction of sp³-hybridized carbons (Fsp3) is 0.192. The molecule has 33 heavy (non-hydrogen) atoms. The molecule has 2 heterocycles. The number of hydrogen-bond donors (Lipinski definition) is 1. The average Bonchev–Trinajstić information content (AvgIpc) is 3.25. The standard InChI is InChI=1S/C26H23N3O3S/c1-17-7-5-9-19(13-17)27-23(30)15-28-22-12-4-3-11-21(22)26(25(28)32)29(24(31)16-33-26)20-10-6-8-18(2)14-20/h3-14H,15-16H2,1-2H3,(H,27,30). The lowest BCUT2D eigenvalue weighted by atomic mass is 10.0. The number of hydrogen-bond acceptors (Lipinski definition) is 4. The van der Waals surface area contributed by atoms with Crippen LogP contribution in [0, 0.1) is 13.8 Å². The summed E-state index contributed by atoms with van der Waals surface area (Å²) < 4.78 is 0. The molecule has 2 aliphatic rings. The maximum absolute atomic E-state index is 14.0. The predicted octanol–water partition coefficient (Wildman–Crippen LogP) is 4.22. The minimum absolute atomic E-state index is 0.125. The molecular formula is C26H23N3O3S. The molecule has 2 aliphatic heterocycles. The number of aryl methyl sites for hydroxylation is 2. The molecule has 0 aliphatic carbocycles. The zero-order chi connectivity index (χ0) is 23.2. The Bertz CT molecular complexity index is 1290. The van der Waals surface area contributed by atoms with Crippen molar-refractivity contribution in [3.05, 3.63) is 89.5 Å². The van der Waals surface area contributed by atoms with Crippen LogP contribution in [0.3, 0.4) is 0 Å². The second-order valence-corrected chi connectivity index (χ2v) is 9.50. The summed E-state index contributed by atoms with van der Waals surface area (Å²) in [6.45, 7) is 3.77. The maximum atomic E-state index is 14.0. The first kappa shape index (κ1) is 21.3. The van der Waals surface area contributed by atoms with Crippen LogP contribution in [0.5, 0.6) is 0 Å². The molecule has 0 bridgehead atoms. The highest BCUT2D eigenvalue weighted by molar-refractivity contribution is 8.02. The molecule has 3 aromatic carbocycles. The van der Waals surface area contributed by atoms with E-state index in [2.05, 4.69) is 5.32 Å². The highest BCUT2D eigenvalue weighted by Crippen LogP contribution is 2.55. The SMILES string of the molecule is Cc1cccc(NC(=O)CN2C(=O)C3(SCC(=O)N3c3cccc(C)c3)c3ccccc32)c1. The molecule has 1 N–H and O–H groups in total. The first-order chi connectivity index (χ1) is 15.9. The Balaban J connectivity index is 1.52. The molecule has 0 saturated carbocycles. The van der Waals surface area contributed by atoms with Crippen molar-refractivity contribution in [2.45, 2.75) is 18.7 Å². The van der Waals surface area contributed by atoms with Gasteiger partial charge in [-0.15, -0.1) is 11.8 Å². The van der Waals surface area contributed by atoms with Gasteiger partial charge < -0.3 is 5.32 Å². The number of nitrogens with zero attached hydrogens (tertiary/aromatic N) is 2. The van der Waals surface area contributed by atoms with Crippen molar-refractivity contribution in [2.75, 3.05) is 27.4 Å². The van der Waals surface area contributed by atoms with E-state index in [1.807, 2.05) is 86.6 Å². The van der Waals surface area contributed by atoms with E-state index in [4.69, 9.17) is 0 Å². The minimum Gasteiger partial charge on any atom is -0.325 e. The Morgan fingerprint density at radius 2 is 1.70 bits per heavy atom. The summed E-state index contributed by atoms with van der Waals surface area (Å²) in [7, 11) is 0. The lowest BCUT2D eigenvalue weighted by Crippen LogP contribution is -2.50. The van der Waals surface area contributed by atoms with Gasteiger partial charge in [0.2, 0.25) is 16.7 Å². The van der Waals surface area contributed by atoms with E-state index in [9.17, 15) is 14.4 Å². The average molecular weight is 458 g/mol. The number of nitrogens with one attached hydrogen (secondary N) is 1. The molecule has 5 rings (SSSR count). The second kappa shape index (κ2) is 8.08. The molecule has 166 valence electrons. The van der Waals surface area contributed by atoms with Gasteiger partial charge in [-0.1, -0.05) is 42.5 Å². The second-order valence-electron chi connectivity index (χ2n) is 8.33.